The molecule has 92 valence electrons. The Balaban J connectivity index is 1.91. The molecule has 1 aromatic carbocycles. The number of hydrogen-bond acceptors (Lipinski definition) is 3. The van der Waals surface area contributed by atoms with E-state index in [2.05, 4.69) is 0 Å². The quantitative estimate of drug-likeness (QED) is 0.813. The molecule has 1 aromatic rings. The summed E-state index contributed by atoms with van der Waals surface area (Å²) >= 11 is 0. The van der Waals surface area contributed by atoms with E-state index in [1.54, 1.807) is 29.2 Å². The zero-order valence-corrected chi connectivity index (χ0v) is 9.67. The fraction of sp³-hybridized carbons (Fsp3) is 0.462. The van der Waals surface area contributed by atoms with Crippen LogP contribution in [0, 0.1) is 5.92 Å². The van der Waals surface area contributed by atoms with Crippen LogP contribution in [0.1, 0.15) is 12.0 Å². The molecule has 2 rings (SSSR count). The van der Waals surface area contributed by atoms with Crippen LogP contribution in [0.4, 0.5) is 0 Å². The lowest BCUT2D eigenvalue weighted by Crippen LogP contribution is -2.30. The Morgan fingerprint density at radius 1 is 1.35 bits per heavy atom. The smallest absolute Gasteiger partial charge is 0.227 e. The van der Waals surface area contributed by atoms with Crippen molar-refractivity contribution in [3.8, 4) is 5.75 Å². The summed E-state index contributed by atoms with van der Waals surface area (Å²) in [6, 6.07) is 6.69. The van der Waals surface area contributed by atoms with E-state index >= 15 is 0 Å². The number of aliphatic hydroxyl groups excluding tert-OH is 1. The number of rotatable bonds is 3. The molecule has 0 radical (unpaired) electrons. The van der Waals surface area contributed by atoms with E-state index in [9.17, 15) is 4.79 Å². The van der Waals surface area contributed by atoms with Gasteiger partial charge in [-0.3, -0.25) is 4.79 Å². The number of likely N-dealkylation sites (tertiary alicyclic amines) is 1. The van der Waals surface area contributed by atoms with Gasteiger partial charge in [-0.05, 0) is 24.1 Å². The van der Waals surface area contributed by atoms with Gasteiger partial charge in [0.05, 0.1) is 6.42 Å². The lowest BCUT2D eigenvalue weighted by atomic mass is 10.1. The van der Waals surface area contributed by atoms with Gasteiger partial charge in [0.1, 0.15) is 5.75 Å². The van der Waals surface area contributed by atoms with Gasteiger partial charge in [-0.25, -0.2) is 0 Å². The molecule has 0 saturated carbocycles. The second-order valence-corrected chi connectivity index (χ2v) is 4.52. The van der Waals surface area contributed by atoms with E-state index in [0.717, 1.165) is 18.5 Å². The van der Waals surface area contributed by atoms with Crippen LogP contribution < -0.4 is 0 Å². The summed E-state index contributed by atoms with van der Waals surface area (Å²) in [5.74, 6) is 0.535. The van der Waals surface area contributed by atoms with Crippen molar-refractivity contribution in [2.24, 2.45) is 5.92 Å². The normalized spacial score (nSPS) is 19.6. The fourth-order valence-electron chi connectivity index (χ4n) is 2.11. The minimum absolute atomic E-state index is 0.0895. The number of hydrogen-bond donors (Lipinski definition) is 2. The molecular formula is C13H17NO3. The largest absolute Gasteiger partial charge is 0.508 e. The van der Waals surface area contributed by atoms with E-state index < -0.39 is 0 Å². The van der Waals surface area contributed by atoms with Crippen LogP contribution in [-0.4, -0.2) is 40.7 Å². The Morgan fingerprint density at radius 3 is 2.65 bits per heavy atom. The third kappa shape index (κ3) is 2.97. The molecule has 1 amide bonds. The minimum atomic E-state index is 0.0895. The first-order valence-electron chi connectivity index (χ1n) is 5.85. The minimum Gasteiger partial charge on any atom is -0.508 e. The Morgan fingerprint density at radius 2 is 2.06 bits per heavy atom. The van der Waals surface area contributed by atoms with Crippen molar-refractivity contribution in [2.75, 3.05) is 19.7 Å². The predicted octanol–water partition coefficient (Wildman–Crippen LogP) is 0.776. The molecule has 1 aliphatic rings. The maximum atomic E-state index is 11.9. The van der Waals surface area contributed by atoms with Crippen LogP contribution in [0.15, 0.2) is 24.3 Å². The molecule has 1 aliphatic heterocycles. The first kappa shape index (κ1) is 11.9. The lowest BCUT2D eigenvalue weighted by Gasteiger charge is -2.16. The maximum Gasteiger partial charge on any atom is 0.227 e. The second kappa shape index (κ2) is 5.19. The van der Waals surface area contributed by atoms with Gasteiger partial charge in [0.15, 0.2) is 0 Å². The summed E-state index contributed by atoms with van der Waals surface area (Å²) < 4.78 is 0. The summed E-state index contributed by atoms with van der Waals surface area (Å²) in [5, 5.41) is 18.2. The van der Waals surface area contributed by atoms with Crippen LogP contribution >= 0.6 is 0 Å². The third-order valence-corrected chi connectivity index (χ3v) is 3.19. The number of phenolic OH excluding ortho intramolecular Hbond substituents is 1. The van der Waals surface area contributed by atoms with Crippen molar-refractivity contribution in [3.05, 3.63) is 29.8 Å². The van der Waals surface area contributed by atoms with Gasteiger partial charge in [-0.1, -0.05) is 12.1 Å². The number of amides is 1. The molecule has 0 aromatic heterocycles. The summed E-state index contributed by atoms with van der Waals surface area (Å²) in [6.45, 7) is 1.55. The predicted molar refractivity (Wildman–Crippen MR) is 63.6 cm³/mol. The molecule has 0 bridgehead atoms. The molecule has 1 atom stereocenters. The van der Waals surface area contributed by atoms with Crippen molar-refractivity contribution < 1.29 is 15.0 Å². The number of aromatic hydroxyl groups is 1. The summed E-state index contributed by atoms with van der Waals surface area (Å²) in [5.41, 5.74) is 0.903. The van der Waals surface area contributed by atoms with E-state index in [-0.39, 0.29) is 24.2 Å². The van der Waals surface area contributed by atoms with Gasteiger partial charge in [-0.15, -0.1) is 0 Å². The highest BCUT2D eigenvalue weighted by Gasteiger charge is 2.25. The zero-order valence-electron chi connectivity index (χ0n) is 9.67. The van der Waals surface area contributed by atoms with Crippen LogP contribution in [0.3, 0.4) is 0 Å². The number of carbonyl (C=O) groups excluding carboxylic acids is 1. The molecule has 4 heteroatoms. The van der Waals surface area contributed by atoms with Crippen LogP contribution in [-0.2, 0) is 11.2 Å². The van der Waals surface area contributed by atoms with Crippen molar-refractivity contribution >= 4 is 5.91 Å². The summed E-state index contributed by atoms with van der Waals surface area (Å²) in [7, 11) is 0. The van der Waals surface area contributed by atoms with Crippen molar-refractivity contribution in [3.63, 3.8) is 0 Å². The molecule has 0 aliphatic carbocycles. The molecule has 1 saturated heterocycles. The highest BCUT2D eigenvalue weighted by atomic mass is 16.3. The summed E-state index contributed by atoms with van der Waals surface area (Å²) in [4.78, 5) is 13.7. The number of carbonyl (C=O) groups is 1. The van der Waals surface area contributed by atoms with Gasteiger partial charge in [-0.2, -0.15) is 0 Å². The van der Waals surface area contributed by atoms with Crippen molar-refractivity contribution in [2.45, 2.75) is 12.8 Å². The molecular weight excluding hydrogens is 218 g/mol. The molecule has 2 N–H and O–H groups in total. The maximum absolute atomic E-state index is 11.9. The first-order valence-corrected chi connectivity index (χ1v) is 5.85. The van der Waals surface area contributed by atoms with Crippen LogP contribution in [0.25, 0.3) is 0 Å². The standard InChI is InChI=1S/C13H17NO3/c15-9-11-5-6-14(8-11)13(17)7-10-1-3-12(16)4-2-10/h1-4,11,15-16H,5-9H2. The van der Waals surface area contributed by atoms with E-state index in [4.69, 9.17) is 10.2 Å². The molecule has 1 heterocycles. The fourth-order valence-corrected chi connectivity index (χ4v) is 2.11. The van der Waals surface area contributed by atoms with Gasteiger partial charge < -0.3 is 15.1 Å². The highest BCUT2D eigenvalue weighted by molar-refractivity contribution is 5.79. The number of nitrogens with zero attached hydrogens (tertiary/aromatic N) is 1. The zero-order chi connectivity index (χ0) is 12.3. The topological polar surface area (TPSA) is 60.8 Å². The monoisotopic (exact) mass is 235 g/mol. The summed E-state index contributed by atoms with van der Waals surface area (Å²) in [6.07, 6.45) is 1.25. The Labute approximate surface area is 100 Å². The molecule has 4 nitrogen and oxygen atoms in total. The first-order chi connectivity index (χ1) is 8.19. The average Bonchev–Trinajstić information content (AvgIpc) is 2.81. The van der Waals surface area contributed by atoms with Gasteiger partial charge in [0.25, 0.3) is 0 Å². The van der Waals surface area contributed by atoms with Crippen LogP contribution in [0.5, 0.6) is 5.75 Å². The number of benzene rings is 1. The Bertz CT molecular complexity index is 388. The van der Waals surface area contributed by atoms with Crippen molar-refractivity contribution in [1.29, 1.82) is 0 Å². The van der Waals surface area contributed by atoms with Crippen LogP contribution in [0.2, 0.25) is 0 Å². The van der Waals surface area contributed by atoms with E-state index in [1.165, 1.54) is 0 Å². The van der Waals surface area contributed by atoms with Gasteiger partial charge in [0.2, 0.25) is 5.91 Å². The Hall–Kier alpha value is -1.55. The van der Waals surface area contributed by atoms with Gasteiger partial charge >= 0.3 is 0 Å². The average molecular weight is 235 g/mol. The lowest BCUT2D eigenvalue weighted by molar-refractivity contribution is -0.129. The second-order valence-electron chi connectivity index (χ2n) is 4.52. The molecule has 1 unspecified atom stereocenters. The van der Waals surface area contributed by atoms with Crippen molar-refractivity contribution in [1.82, 2.24) is 4.90 Å². The van der Waals surface area contributed by atoms with Gasteiger partial charge in [0, 0.05) is 25.6 Å². The van der Waals surface area contributed by atoms with E-state index in [1.807, 2.05) is 0 Å². The molecule has 17 heavy (non-hydrogen) atoms. The molecule has 1 fully saturated rings. The number of aliphatic hydroxyl groups is 1. The van der Waals surface area contributed by atoms with E-state index in [0.29, 0.717) is 13.0 Å². The SMILES string of the molecule is O=C(Cc1ccc(O)cc1)N1CCC(CO)C1. The Kier molecular flexibility index (Phi) is 3.64. The molecule has 0 spiro atoms. The number of phenols is 1. The third-order valence-electron chi connectivity index (χ3n) is 3.19. The highest BCUT2D eigenvalue weighted by Crippen LogP contribution is 2.17.